The van der Waals surface area contributed by atoms with Crippen molar-refractivity contribution in [3.05, 3.63) is 59.9 Å². The van der Waals surface area contributed by atoms with E-state index in [9.17, 15) is 4.79 Å². The van der Waals surface area contributed by atoms with Crippen LogP contribution in [0.3, 0.4) is 0 Å². The highest BCUT2D eigenvalue weighted by Crippen LogP contribution is 2.17. The summed E-state index contributed by atoms with van der Waals surface area (Å²) < 4.78 is 10.7. The van der Waals surface area contributed by atoms with Crippen LogP contribution in [0.5, 0.6) is 0 Å². The number of nitrogens with one attached hydrogen (secondary N) is 4. The number of ether oxygens (including phenoxy) is 2. The van der Waals surface area contributed by atoms with Gasteiger partial charge in [-0.2, -0.15) is 15.0 Å². The van der Waals surface area contributed by atoms with Crippen LogP contribution in [0.4, 0.5) is 23.5 Å². The van der Waals surface area contributed by atoms with Crippen LogP contribution in [-0.2, 0) is 15.9 Å². The van der Waals surface area contributed by atoms with Gasteiger partial charge in [0.25, 0.3) is 5.91 Å². The molecule has 204 valence electrons. The SMILES string of the molecule is CC(C)Nc1nc(NCCc2ccccn2)nc(Nc2ccc(C(=O)NCCOCCOCCN)cc2)n1. The minimum absolute atomic E-state index is 0.152. The lowest BCUT2D eigenvalue weighted by Gasteiger charge is -2.13. The maximum atomic E-state index is 12.4. The first-order valence-electron chi connectivity index (χ1n) is 12.7. The molecule has 38 heavy (non-hydrogen) atoms. The Balaban J connectivity index is 1.52. The molecule has 0 unspecified atom stereocenters. The zero-order valence-corrected chi connectivity index (χ0v) is 21.9. The van der Waals surface area contributed by atoms with Gasteiger partial charge in [0.2, 0.25) is 17.8 Å². The monoisotopic (exact) mass is 523 g/mol. The number of anilines is 4. The third kappa shape index (κ3) is 10.6. The fourth-order valence-corrected chi connectivity index (χ4v) is 3.26. The molecule has 0 saturated heterocycles. The van der Waals surface area contributed by atoms with Gasteiger partial charge < -0.3 is 36.5 Å². The van der Waals surface area contributed by atoms with Crippen LogP contribution in [0.1, 0.15) is 29.9 Å². The zero-order valence-electron chi connectivity index (χ0n) is 21.9. The van der Waals surface area contributed by atoms with Gasteiger partial charge in [-0.1, -0.05) is 6.07 Å². The summed E-state index contributed by atoms with van der Waals surface area (Å²) >= 11 is 0. The maximum Gasteiger partial charge on any atom is 0.251 e. The molecule has 0 bridgehead atoms. The molecule has 2 heterocycles. The normalized spacial score (nSPS) is 10.8. The molecule has 0 aliphatic rings. The van der Waals surface area contributed by atoms with Crippen molar-refractivity contribution in [3.8, 4) is 0 Å². The fourth-order valence-electron chi connectivity index (χ4n) is 3.26. The van der Waals surface area contributed by atoms with Gasteiger partial charge in [-0.15, -0.1) is 0 Å². The van der Waals surface area contributed by atoms with Crippen molar-refractivity contribution in [1.29, 1.82) is 0 Å². The molecule has 0 saturated carbocycles. The second kappa shape index (κ2) is 16.1. The van der Waals surface area contributed by atoms with E-state index < -0.39 is 0 Å². The van der Waals surface area contributed by atoms with Crippen LogP contribution < -0.4 is 27.0 Å². The molecule has 12 nitrogen and oxygen atoms in total. The van der Waals surface area contributed by atoms with E-state index in [1.54, 1.807) is 30.5 Å². The number of carbonyl (C=O) groups is 1. The molecule has 0 fully saturated rings. The molecule has 6 N–H and O–H groups in total. The molecular formula is C26H37N9O3. The van der Waals surface area contributed by atoms with Gasteiger partial charge in [0.1, 0.15) is 0 Å². The van der Waals surface area contributed by atoms with Gasteiger partial charge in [0, 0.05) is 55.2 Å². The van der Waals surface area contributed by atoms with Gasteiger partial charge in [0.05, 0.1) is 26.4 Å². The smallest absolute Gasteiger partial charge is 0.251 e. The lowest BCUT2D eigenvalue weighted by molar-refractivity contribution is 0.0511. The third-order valence-corrected chi connectivity index (χ3v) is 5.01. The summed E-state index contributed by atoms with van der Waals surface area (Å²) in [5.74, 6) is 1.11. The predicted molar refractivity (Wildman–Crippen MR) is 148 cm³/mol. The van der Waals surface area contributed by atoms with Crippen LogP contribution in [-0.4, -0.2) is 77.9 Å². The van der Waals surface area contributed by atoms with Crippen molar-refractivity contribution >= 4 is 29.4 Å². The van der Waals surface area contributed by atoms with Gasteiger partial charge in [-0.05, 0) is 50.2 Å². The van der Waals surface area contributed by atoms with Crippen LogP contribution in [0.15, 0.2) is 48.7 Å². The molecule has 0 radical (unpaired) electrons. The topological polar surface area (TPSA) is 161 Å². The fraction of sp³-hybridized carbons (Fsp3) is 0.423. The van der Waals surface area contributed by atoms with E-state index in [0.717, 1.165) is 17.8 Å². The van der Waals surface area contributed by atoms with E-state index in [1.165, 1.54) is 0 Å². The highest BCUT2D eigenvalue weighted by Gasteiger charge is 2.10. The van der Waals surface area contributed by atoms with Crippen LogP contribution in [0, 0.1) is 0 Å². The number of nitrogens with zero attached hydrogens (tertiary/aromatic N) is 4. The quantitative estimate of drug-likeness (QED) is 0.165. The molecule has 12 heteroatoms. The number of nitrogens with two attached hydrogens (primary N) is 1. The molecule has 0 aliphatic carbocycles. The molecular weight excluding hydrogens is 486 g/mol. The lowest BCUT2D eigenvalue weighted by Crippen LogP contribution is -2.27. The van der Waals surface area contributed by atoms with Crippen LogP contribution in [0.2, 0.25) is 0 Å². The number of benzene rings is 1. The average Bonchev–Trinajstić information content (AvgIpc) is 2.90. The lowest BCUT2D eigenvalue weighted by atomic mass is 10.2. The first kappa shape index (κ1) is 28.7. The number of pyridine rings is 1. The highest BCUT2D eigenvalue weighted by molar-refractivity contribution is 5.94. The Kier molecular flexibility index (Phi) is 12.1. The van der Waals surface area contributed by atoms with Crippen molar-refractivity contribution < 1.29 is 14.3 Å². The second-order valence-electron chi connectivity index (χ2n) is 8.57. The molecule has 0 atom stereocenters. The number of hydrogen-bond donors (Lipinski definition) is 5. The Morgan fingerprint density at radius 3 is 2.34 bits per heavy atom. The Labute approximate surface area is 223 Å². The minimum Gasteiger partial charge on any atom is -0.378 e. The summed E-state index contributed by atoms with van der Waals surface area (Å²) in [7, 11) is 0. The van der Waals surface area contributed by atoms with E-state index in [4.69, 9.17) is 15.2 Å². The Morgan fingerprint density at radius 2 is 1.63 bits per heavy atom. The van der Waals surface area contributed by atoms with Gasteiger partial charge in [-0.3, -0.25) is 9.78 Å². The highest BCUT2D eigenvalue weighted by atomic mass is 16.5. The van der Waals surface area contributed by atoms with Gasteiger partial charge in [-0.25, -0.2) is 0 Å². The number of aromatic nitrogens is 4. The summed E-state index contributed by atoms with van der Waals surface area (Å²) in [6, 6.07) is 13.1. The molecule has 2 aromatic heterocycles. The summed E-state index contributed by atoms with van der Waals surface area (Å²) in [4.78, 5) is 30.2. The number of hydrogen-bond acceptors (Lipinski definition) is 11. The Hall–Kier alpha value is -3.87. The molecule has 3 rings (SSSR count). The third-order valence-electron chi connectivity index (χ3n) is 5.01. The van der Waals surface area contributed by atoms with E-state index in [1.807, 2.05) is 32.0 Å². The summed E-state index contributed by atoms with van der Waals surface area (Å²) in [5, 5.41) is 12.5. The zero-order chi connectivity index (χ0) is 27.0. The summed E-state index contributed by atoms with van der Waals surface area (Å²) in [6.07, 6.45) is 2.51. The first-order chi connectivity index (χ1) is 18.5. The first-order valence-corrected chi connectivity index (χ1v) is 12.7. The van der Waals surface area contributed by atoms with Crippen molar-refractivity contribution in [3.63, 3.8) is 0 Å². The largest absolute Gasteiger partial charge is 0.378 e. The predicted octanol–water partition coefficient (Wildman–Crippen LogP) is 2.21. The molecule has 1 aromatic carbocycles. The number of rotatable bonds is 17. The standard InChI is InChI=1S/C26H37N9O3/c1-19(2)31-25-33-24(30-13-10-21-5-3-4-12-28-21)34-26(35-25)32-22-8-6-20(7-9-22)23(36)29-14-16-38-18-17-37-15-11-27/h3-9,12,19H,10-11,13-18,27H2,1-2H3,(H,29,36)(H3,30,31,32,33,34,35). The minimum atomic E-state index is -0.178. The van der Waals surface area contributed by atoms with Crippen LogP contribution in [0.25, 0.3) is 0 Å². The van der Waals surface area contributed by atoms with E-state index >= 15 is 0 Å². The summed E-state index contributed by atoms with van der Waals surface area (Å²) in [6.45, 7) is 7.41. The molecule has 3 aromatic rings. The average molecular weight is 524 g/mol. The van der Waals surface area contributed by atoms with Gasteiger partial charge >= 0.3 is 0 Å². The molecule has 0 aliphatic heterocycles. The Morgan fingerprint density at radius 1 is 0.895 bits per heavy atom. The van der Waals surface area contributed by atoms with Crippen molar-refractivity contribution in [2.75, 3.05) is 62.0 Å². The second-order valence-corrected chi connectivity index (χ2v) is 8.57. The molecule has 1 amide bonds. The van der Waals surface area contributed by atoms with Crippen molar-refractivity contribution in [2.45, 2.75) is 26.3 Å². The number of amides is 1. The summed E-state index contributed by atoms with van der Waals surface area (Å²) in [5.41, 5.74) is 7.62. The number of carbonyl (C=O) groups excluding carboxylic acids is 1. The Bertz CT molecular complexity index is 1100. The van der Waals surface area contributed by atoms with E-state index in [0.29, 0.717) is 69.5 Å². The van der Waals surface area contributed by atoms with Crippen LogP contribution >= 0.6 is 0 Å². The van der Waals surface area contributed by atoms with Crippen molar-refractivity contribution in [1.82, 2.24) is 25.3 Å². The van der Waals surface area contributed by atoms with E-state index in [2.05, 4.69) is 41.2 Å². The van der Waals surface area contributed by atoms with E-state index in [-0.39, 0.29) is 11.9 Å². The molecule has 0 spiro atoms. The maximum absolute atomic E-state index is 12.4. The van der Waals surface area contributed by atoms with Gasteiger partial charge in [0.15, 0.2) is 0 Å². The van der Waals surface area contributed by atoms with Crippen molar-refractivity contribution in [2.24, 2.45) is 5.73 Å².